The molecule has 1 amide bonds. The van der Waals surface area contributed by atoms with Gasteiger partial charge in [0.2, 0.25) is 12.7 Å². The van der Waals surface area contributed by atoms with Crippen molar-refractivity contribution in [3.63, 3.8) is 0 Å². The molecule has 3 heterocycles. The summed E-state index contributed by atoms with van der Waals surface area (Å²) in [5.41, 5.74) is 2.63. The highest BCUT2D eigenvalue weighted by molar-refractivity contribution is 5.78. The molecular formula is C31H49N4O3+. The van der Waals surface area contributed by atoms with Gasteiger partial charge in [0.1, 0.15) is 0 Å². The topological polar surface area (TPSA) is 46.9 Å². The number of nitrogens with zero attached hydrogens (tertiary/aromatic N) is 4. The van der Waals surface area contributed by atoms with E-state index in [1.54, 1.807) is 0 Å². The molecule has 1 saturated heterocycles. The standard InChI is InChI=1S/C31H49N4O3/c1-7-8-17-33(18-10-19-35(4,5)6)31(36)22-34-21-27(25-12-15-29-30(20-25)38-23-37-29)24(2)28(34)14-13-26-11-9-16-32(26)3/h9,11-12,15-16,20,24,27-28H,7-8,10,13-14,17-19,21-23H2,1-6H3/q+1/t24-,27+,28+/m1/s1. The Bertz CT molecular complexity index is 1060. The Balaban J connectivity index is 1.49. The van der Waals surface area contributed by atoms with E-state index in [0.29, 0.717) is 31.2 Å². The summed E-state index contributed by atoms with van der Waals surface area (Å²) in [6.07, 6.45) is 7.37. The first-order valence-electron chi connectivity index (χ1n) is 14.5. The number of rotatable bonds is 13. The maximum atomic E-state index is 13.7. The lowest BCUT2D eigenvalue weighted by Gasteiger charge is -2.31. The molecule has 2 aliphatic rings. The van der Waals surface area contributed by atoms with E-state index >= 15 is 0 Å². The number of unbranched alkanes of at least 4 members (excludes halogenated alkanes) is 1. The molecule has 38 heavy (non-hydrogen) atoms. The van der Waals surface area contributed by atoms with Crippen molar-refractivity contribution in [1.82, 2.24) is 14.4 Å². The van der Waals surface area contributed by atoms with Crippen molar-refractivity contribution in [2.75, 3.05) is 60.7 Å². The molecule has 7 nitrogen and oxygen atoms in total. The largest absolute Gasteiger partial charge is 0.454 e. The molecule has 4 rings (SSSR count). The van der Waals surface area contributed by atoms with E-state index in [2.05, 4.69) is 86.9 Å². The van der Waals surface area contributed by atoms with Gasteiger partial charge in [0.25, 0.3) is 0 Å². The van der Waals surface area contributed by atoms with Crippen LogP contribution >= 0.6 is 0 Å². The van der Waals surface area contributed by atoms with Crippen LogP contribution in [0.25, 0.3) is 0 Å². The van der Waals surface area contributed by atoms with Gasteiger partial charge < -0.3 is 23.4 Å². The van der Waals surface area contributed by atoms with Crippen molar-refractivity contribution in [1.29, 1.82) is 0 Å². The third kappa shape index (κ3) is 7.11. The van der Waals surface area contributed by atoms with E-state index in [9.17, 15) is 4.79 Å². The van der Waals surface area contributed by atoms with Gasteiger partial charge in [-0.3, -0.25) is 9.69 Å². The zero-order valence-corrected chi connectivity index (χ0v) is 24.5. The second-order valence-corrected chi connectivity index (χ2v) is 12.3. The number of carbonyl (C=O) groups excluding carboxylic acids is 1. The number of benzene rings is 1. The molecule has 2 aromatic rings. The molecule has 0 bridgehead atoms. The van der Waals surface area contributed by atoms with E-state index in [1.807, 2.05) is 6.07 Å². The van der Waals surface area contributed by atoms with Gasteiger partial charge in [-0.05, 0) is 55.0 Å². The highest BCUT2D eigenvalue weighted by Gasteiger charge is 2.41. The van der Waals surface area contributed by atoms with Gasteiger partial charge in [-0.2, -0.15) is 0 Å². The van der Waals surface area contributed by atoms with E-state index in [0.717, 1.165) is 74.3 Å². The number of quaternary nitrogens is 1. The lowest BCUT2D eigenvalue weighted by Crippen LogP contribution is -2.45. The Labute approximate surface area is 229 Å². The molecule has 0 radical (unpaired) electrons. The number of carbonyl (C=O) groups is 1. The molecule has 1 fully saturated rings. The maximum absolute atomic E-state index is 13.7. The van der Waals surface area contributed by atoms with E-state index in [4.69, 9.17) is 9.47 Å². The molecule has 0 saturated carbocycles. The summed E-state index contributed by atoms with van der Waals surface area (Å²) in [6, 6.07) is 11.1. The third-order valence-electron chi connectivity index (χ3n) is 8.44. The molecular weight excluding hydrogens is 476 g/mol. The molecule has 0 N–H and O–H groups in total. The second kappa shape index (κ2) is 12.6. The fraction of sp³-hybridized carbons (Fsp3) is 0.645. The molecule has 0 unspecified atom stereocenters. The first kappa shape index (κ1) is 28.5. The molecule has 0 aliphatic carbocycles. The second-order valence-electron chi connectivity index (χ2n) is 12.3. The average Bonchev–Trinajstić information content (AvgIpc) is 3.58. The number of hydrogen-bond donors (Lipinski definition) is 0. The Hall–Kier alpha value is -2.51. The van der Waals surface area contributed by atoms with Crippen LogP contribution in [-0.4, -0.2) is 91.5 Å². The average molecular weight is 526 g/mol. The van der Waals surface area contributed by atoms with Crippen LogP contribution in [0.4, 0.5) is 0 Å². The Kier molecular flexibility index (Phi) is 9.42. The van der Waals surface area contributed by atoms with Gasteiger partial charge in [-0.25, -0.2) is 0 Å². The maximum Gasteiger partial charge on any atom is 0.236 e. The Morgan fingerprint density at radius 2 is 1.87 bits per heavy atom. The summed E-state index contributed by atoms with van der Waals surface area (Å²) in [4.78, 5) is 18.3. The Morgan fingerprint density at radius 3 is 2.58 bits per heavy atom. The van der Waals surface area contributed by atoms with E-state index in [1.165, 1.54) is 11.3 Å². The number of fused-ring (bicyclic) bond motifs is 1. The summed E-state index contributed by atoms with van der Waals surface area (Å²) in [5.74, 6) is 2.74. The van der Waals surface area contributed by atoms with Crippen molar-refractivity contribution < 1.29 is 18.8 Å². The summed E-state index contributed by atoms with van der Waals surface area (Å²) in [6.45, 7) is 9.02. The normalized spacial score (nSPS) is 21.3. The first-order chi connectivity index (χ1) is 18.2. The lowest BCUT2D eigenvalue weighted by molar-refractivity contribution is -0.870. The van der Waals surface area contributed by atoms with Crippen LogP contribution in [0.3, 0.4) is 0 Å². The number of ether oxygens (including phenoxy) is 2. The number of aromatic nitrogens is 1. The van der Waals surface area contributed by atoms with Crippen LogP contribution in [-0.2, 0) is 18.3 Å². The van der Waals surface area contributed by atoms with Crippen LogP contribution in [0.5, 0.6) is 11.5 Å². The predicted molar refractivity (Wildman–Crippen MR) is 153 cm³/mol. The minimum atomic E-state index is 0.280. The van der Waals surface area contributed by atoms with Gasteiger partial charge in [0.15, 0.2) is 11.5 Å². The fourth-order valence-corrected chi connectivity index (χ4v) is 6.11. The molecule has 210 valence electrons. The molecule has 0 spiro atoms. The summed E-state index contributed by atoms with van der Waals surface area (Å²) >= 11 is 0. The first-order valence-corrected chi connectivity index (χ1v) is 14.5. The summed E-state index contributed by atoms with van der Waals surface area (Å²) in [7, 11) is 8.78. The minimum absolute atomic E-state index is 0.280. The molecule has 1 aromatic heterocycles. The van der Waals surface area contributed by atoms with Crippen molar-refractivity contribution in [2.24, 2.45) is 13.0 Å². The third-order valence-corrected chi connectivity index (χ3v) is 8.44. The van der Waals surface area contributed by atoms with Crippen LogP contribution < -0.4 is 9.47 Å². The van der Waals surface area contributed by atoms with Gasteiger partial charge in [-0.1, -0.05) is 26.3 Å². The van der Waals surface area contributed by atoms with Crippen molar-refractivity contribution in [2.45, 2.75) is 57.9 Å². The van der Waals surface area contributed by atoms with Gasteiger partial charge in [-0.15, -0.1) is 0 Å². The van der Waals surface area contributed by atoms with E-state index in [-0.39, 0.29) is 5.91 Å². The molecule has 1 aromatic carbocycles. The van der Waals surface area contributed by atoms with Crippen LogP contribution in [0.1, 0.15) is 56.7 Å². The zero-order valence-electron chi connectivity index (χ0n) is 24.5. The lowest BCUT2D eigenvalue weighted by atomic mass is 9.85. The SMILES string of the molecule is CCCCN(CCC[N+](C)(C)C)C(=O)CN1C[C@H](c2ccc3c(c2)OCO3)[C@@H](C)[C@@H]1CCc1cccn1C. The number of amides is 1. The van der Waals surface area contributed by atoms with Crippen molar-refractivity contribution in [3.8, 4) is 11.5 Å². The Morgan fingerprint density at radius 1 is 1.11 bits per heavy atom. The number of aryl methyl sites for hydroxylation is 2. The monoisotopic (exact) mass is 525 g/mol. The van der Waals surface area contributed by atoms with Gasteiger partial charge >= 0.3 is 0 Å². The van der Waals surface area contributed by atoms with Gasteiger partial charge in [0, 0.05) is 57.0 Å². The van der Waals surface area contributed by atoms with Crippen molar-refractivity contribution in [3.05, 3.63) is 47.8 Å². The highest BCUT2D eigenvalue weighted by Crippen LogP contribution is 2.42. The minimum Gasteiger partial charge on any atom is -0.454 e. The molecule has 2 aliphatic heterocycles. The quantitative estimate of drug-likeness (QED) is 0.361. The smallest absolute Gasteiger partial charge is 0.236 e. The fourth-order valence-electron chi connectivity index (χ4n) is 6.11. The summed E-state index contributed by atoms with van der Waals surface area (Å²) in [5, 5.41) is 0. The molecule has 3 atom stereocenters. The summed E-state index contributed by atoms with van der Waals surface area (Å²) < 4.78 is 14.4. The highest BCUT2D eigenvalue weighted by atomic mass is 16.7. The predicted octanol–water partition coefficient (Wildman–Crippen LogP) is 4.52. The molecule has 7 heteroatoms. The van der Waals surface area contributed by atoms with Crippen LogP contribution in [0.2, 0.25) is 0 Å². The zero-order chi connectivity index (χ0) is 27.3. The number of hydrogen-bond acceptors (Lipinski definition) is 4. The van der Waals surface area contributed by atoms with Crippen LogP contribution in [0.15, 0.2) is 36.5 Å². The number of likely N-dealkylation sites (tertiary alicyclic amines) is 1. The van der Waals surface area contributed by atoms with Crippen LogP contribution in [0, 0.1) is 5.92 Å². The van der Waals surface area contributed by atoms with E-state index < -0.39 is 0 Å². The van der Waals surface area contributed by atoms with Gasteiger partial charge in [0.05, 0.1) is 34.2 Å². The van der Waals surface area contributed by atoms with Crippen molar-refractivity contribution >= 4 is 5.91 Å².